The van der Waals surface area contributed by atoms with Crippen molar-refractivity contribution in [2.24, 2.45) is 0 Å². The number of aldehydes is 1. The summed E-state index contributed by atoms with van der Waals surface area (Å²) in [6, 6.07) is 15.6. The molecule has 0 aliphatic heterocycles. The van der Waals surface area contributed by atoms with Crippen LogP contribution in [0.3, 0.4) is 0 Å². The summed E-state index contributed by atoms with van der Waals surface area (Å²) in [5.74, 6) is 1.19. The molecule has 180 valence electrons. The highest BCUT2D eigenvalue weighted by Gasteiger charge is 2.36. The molecule has 1 aliphatic carbocycles. The molecule has 1 aliphatic rings. The van der Waals surface area contributed by atoms with Crippen LogP contribution in [0.15, 0.2) is 48.5 Å². The van der Waals surface area contributed by atoms with Gasteiger partial charge in [-0.25, -0.2) is 0 Å². The predicted octanol–water partition coefficient (Wildman–Crippen LogP) is 4.08. The van der Waals surface area contributed by atoms with E-state index in [1.807, 2.05) is 54.0 Å². The Bertz CT molecular complexity index is 1150. The fourth-order valence-corrected chi connectivity index (χ4v) is 4.79. The summed E-state index contributed by atoms with van der Waals surface area (Å²) in [5, 5.41) is 7.50. The first-order chi connectivity index (χ1) is 16.5. The van der Waals surface area contributed by atoms with Gasteiger partial charge in [0.2, 0.25) is 5.91 Å². The molecule has 1 amide bonds. The van der Waals surface area contributed by atoms with Gasteiger partial charge in [0, 0.05) is 18.0 Å². The van der Waals surface area contributed by atoms with Gasteiger partial charge in [0.15, 0.2) is 6.29 Å². The third-order valence-electron chi connectivity index (χ3n) is 6.77. The van der Waals surface area contributed by atoms with Crippen LogP contribution in [0.5, 0.6) is 11.5 Å². The first kappa shape index (κ1) is 23.8. The molecule has 1 heterocycles. The van der Waals surface area contributed by atoms with Gasteiger partial charge in [0.1, 0.15) is 17.0 Å². The standard InChI is InChI=1S/C27H33N3O4/c1-27(26(32)29-20-11-7-8-12-20,28-16-19-9-5-4-6-10-19)18-30-21(17-31)15-22-23(33-2)13-14-24(34-3)25(22)30/h4-6,9-10,13-15,17,20,28H,7-8,11-12,16,18H2,1-3H3,(H,29,32). The summed E-state index contributed by atoms with van der Waals surface area (Å²) in [7, 11) is 3.19. The van der Waals surface area contributed by atoms with Crippen molar-refractivity contribution < 1.29 is 19.1 Å². The van der Waals surface area contributed by atoms with Crippen LogP contribution in [0.1, 0.15) is 48.7 Å². The molecule has 2 N–H and O–H groups in total. The molecular weight excluding hydrogens is 430 g/mol. The van der Waals surface area contributed by atoms with E-state index in [0.717, 1.165) is 48.4 Å². The van der Waals surface area contributed by atoms with E-state index in [1.54, 1.807) is 20.3 Å². The predicted molar refractivity (Wildman–Crippen MR) is 133 cm³/mol. The van der Waals surface area contributed by atoms with Gasteiger partial charge in [-0.15, -0.1) is 0 Å². The number of hydrogen-bond donors (Lipinski definition) is 2. The molecule has 1 atom stereocenters. The van der Waals surface area contributed by atoms with Crippen LogP contribution in [0.2, 0.25) is 0 Å². The maximum atomic E-state index is 13.7. The van der Waals surface area contributed by atoms with Crippen LogP contribution < -0.4 is 20.1 Å². The van der Waals surface area contributed by atoms with E-state index in [9.17, 15) is 9.59 Å². The molecule has 4 rings (SSSR count). The number of benzene rings is 2. The highest BCUT2D eigenvalue weighted by Crippen LogP contribution is 2.36. The fourth-order valence-electron chi connectivity index (χ4n) is 4.79. The topological polar surface area (TPSA) is 81.6 Å². The van der Waals surface area contributed by atoms with Gasteiger partial charge in [-0.05, 0) is 43.5 Å². The third kappa shape index (κ3) is 4.80. The Kier molecular flexibility index (Phi) is 7.22. The van der Waals surface area contributed by atoms with Crippen molar-refractivity contribution in [2.45, 2.75) is 57.3 Å². The van der Waals surface area contributed by atoms with Crippen molar-refractivity contribution in [1.29, 1.82) is 0 Å². The van der Waals surface area contributed by atoms with E-state index in [1.165, 1.54) is 0 Å². The van der Waals surface area contributed by atoms with Gasteiger partial charge in [-0.1, -0.05) is 43.2 Å². The Hall–Kier alpha value is -3.32. The molecule has 1 fully saturated rings. The zero-order chi connectivity index (χ0) is 24.1. The third-order valence-corrected chi connectivity index (χ3v) is 6.77. The molecule has 7 nitrogen and oxygen atoms in total. The molecule has 1 unspecified atom stereocenters. The number of carbonyl (C=O) groups is 2. The molecule has 0 radical (unpaired) electrons. The molecule has 7 heteroatoms. The number of ether oxygens (including phenoxy) is 2. The van der Waals surface area contributed by atoms with Gasteiger partial charge >= 0.3 is 0 Å². The Morgan fingerprint density at radius 3 is 2.41 bits per heavy atom. The van der Waals surface area contributed by atoms with Gasteiger partial charge in [0.25, 0.3) is 0 Å². The second-order valence-electron chi connectivity index (χ2n) is 9.13. The first-order valence-electron chi connectivity index (χ1n) is 11.8. The zero-order valence-corrected chi connectivity index (χ0v) is 20.1. The number of fused-ring (bicyclic) bond motifs is 1. The summed E-state index contributed by atoms with van der Waals surface area (Å²) in [6.45, 7) is 2.66. The molecule has 0 bridgehead atoms. The number of amides is 1. The van der Waals surface area contributed by atoms with E-state index in [0.29, 0.717) is 23.7 Å². The van der Waals surface area contributed by atoms with E-state index in [2.05, 4.69) is 10.6 Å². The molecule has 34 heavy (non-hydrogen) atoms. The Labute approximate surface area is 200 Å². The minimum atomic E-state index is -0.976. The molecule has 2 aromatic carbocycles. The molecule has 1 aromatic heterocycles. The van der Waals surface area contributed by atoms with Crippen LogP contribution in [0.25, 0.3) is 10.9 Å². The van der Waals surface area contributed by atoms with Crippen molar-refractivity contribution in [3.05, 3.63) is 59.8 Å². The van der Waals surface area contributed by atoms with E-state index < -0.39 is 5.54 Å². The lowest BCUT2D eigenvalue weighted by Crippen LogP contribution is -2.58. The van der Waals surface area contributed by atoms with Crippen molar-refractivity contribution in [2.75, 3.05) is 14.2 Å². The lowest BCUT2D eigenvalue weighted by atomic mass is 9.98. The van der Waals surface area contributed by atoms with Crippen LogP contribution in [-0.4, -0.2) is 42.6 Å². The average molecular weight is 464 g/mol. The Balaban J connectivity index is 1.74. The number of nitrogens with zero attached hydrogens (tertiary/aromatic N) is 1. The second kappa shape index (κ2) is 10.3. The zero-order valence-electron chi connectivity index (χ0n) is 20.1. The summed E-state index contributed by atoms with van der Waals surface area (Å²) in [4.78, 5) is 25.7. The summed E-state index contributed by atoms with van der Waals surface area (Å²) >= 11 is 0. The smallest absolute Gasteiger partial charge is 0.242 e. The normalized spacial score (nSPS) is 15.7. The van der Waals surface area contributed by atoms with Crippen molar-refractivity contribution in [3.63, 3.8) is 0 Å². The summed E-state index contributed by atoms with van der Waals surface area (Å²) < 4.78 is 13.0. The number of hydrogen-bond acceptors (Lipinski definition) is 5. The molecule has 3 aromatic rings. The van der Waals surface area contributed by atoms with Gasteiger partial charge in [-0.3, -0.25) is 14.9 Å². The van der Waals surface area contributed by atoms with E-state index >= 15 is 0 Å². The number of methoxy groups -OCH3 is 2. The number of nitrogens with one attached hydrogen (secondary N) is 2. The van der Waals surface area contributed by atoms with Crippen molar-refractivity contribution in [1.82, 2.24) is 15.2 Å². The van der Waals surface area contributed by atoms with Crippen LogP contribution in [0.4, 0.5) is 0 Å². The largest absolute Gasteiger partial charge is 0.496 e. The van der Waals surface area contributed by atoms with Crippen molar-refractivity contribution >= 4 is 23.1 Å². The lowest BCUT2D eigenvalue weighted by Gasteiger charge is -2.32. The Morgan fingerprint density at radius 1 is 1.09 bits per heavy atom. The van der Waals surface area contributed by atoms with Crippen LogP contribution in [-0.2, 0) is 17.9 Å². The Morgan fingerprint density at radius 2 is 1.76 bits per heavy atom. The molecular formula is C27H33N3O4. The number of rotatable bonds is 10. The van der Waals surface area contributed by atoms with Gasteiger partial charge < -0.3 is 19.4 Å². The van der Waals surface area contributed by atoms with E-state index in [-0.39, 0.29) is 18.5 Å². The highest BCUT2D eigenvalue weighted by atomic mass is 16.5. The average Bonchev–Trinajstić information content (AvgIpc) is 3.51. The lowest BCUT2D eigenvalue weighted by molar-refractivity contribution is -0.128. The highest BCUT2D eigenvalue weighted by molar-refractivity contribution is 5.97. The van der Waals surface area contributed by atoms with Crippen molar-refractivity contribution in [3.8, 4) is 11.5 Å². The summed E-state index contributed by atoms with van der Waals surface area (Å²) in [5.41, 5.74) is 1.29. The first-order valence-corrected chi connectivity index (χ1v) is 11.8. The fraction of sp³-hybridized carbons (Fsp3) is 0.407. The van der Waals surface area contributed by atoms with Crippen LogP contribution in [0, 0.1) is 0 Å². The molecule has 0 spiro atoms. The quantitative estimate of drug-likeness (QED) is 0.443. The number of carbonyl (C=O) groups excluding carboxylic acids is 2. The second-order valence-corrected chi connectivity index (χ2v) is 9.13. The van der Waals surface area contributed by atoms with Gasteiger partial charge in [0.05, 0.1) is 32.0 Å². The minimum absolute atomic E-state index is 0.0732. The van der Waals surface area contributed by atoms with Crippen LogP contribution >= 0.6 is 0 Å². The maximum absolute atomic E-state index is 13.7. The maximum Gasteiger partial charge on any atom is 0.242 e. The monoisotopic (exact) mass is 463 g/mol. The van der Waals surface area contributed by atoms with E-state index in [4.69, 9.17) is 9.47 Å². The molecule has 1 saturated carbocycles. The van der Waals surface area contributed by atoms with Gasteiger partial charge in [-0.2, -0.15) is 0 Å². The molecule has 0 saturated heterocycles. The summed E-state index contributed by atoms with van der Waals surface area (Å²) in [6.07, 6.45) is 5.07. The SMILES string of the molecule is COc1ccc(OC)c2c1cc(C=O)n2CC(C)(NCc1ccccc1)C(=O)NC1CCCC1. The number of aromatic nitrogens is 1. The minimum Gasteiger partial charge on any atom is -0.496 e.